The van der Waals surface area contributed by atoms with Crippen LogP contribution in [0, 0.1) is 6.92 Å². The minimum absolute atomic E-state index is 0.0813. The molecule has 27 heavy (non-hydrogen) atoms. The fraction of sp³-hybridized carbons (Fsp3) is 0.350. The molecule has 0 radical (unpaired) electrons. The smallest absolute Gasteiger partial charge is 0.262 e. The van der Waals surface area contributed by atoms with E-state index in [9.17, 15) is 4.79 Å². The van der Waals surface area contributed by atoms with Crippen LogP contribution >= 0.6 is 31.9 Å². The number of rotatable bonds is 7. The molecule has 0 spiro atoms. The van der Waals surface area contributed by atoms with E-state index in [4.69, 9.17) is 14.2 Å². The van der Waals surface area contributed by atoms with Crippen LogP contribution in [0.5, 0.6) is 11.5 Å². The predicted octanol–water partition coefficient (Wildman–Crippen LogP) is 5.10. The van der Waals surface area contributed by atoms with Crippen molar-refractivity contribution in [2.75, 3.05) is 25.1 Å². The lowest BCUT2D eigenvalue weighted by Crippen LogP contribution is -2.20. The number of carbonyl (C=O) groups excluding carboxylic acids is 1. The summed E-state index contributed by atoms with van der Waals surface area (Å²) in [4.78, 5) is 12.2. The highest BCUT2D eigenvalue weighted by Gasteiger charge is 2.16. The summed E-state index contributed by atoms with van der Waals surface area (Å²) in [6.07, 6.45) is 2.26. The molecular weight excluding hydrogens is 478 g/mol. The Morgan fingerprint density at radius 2 is 2.11 bits per heavy atom. The van der Waals surface area contributed by atoms with Gasteiger partial charge in [0.25, 0.3) is 5.91 Å². The van der Waals surface area contributed by atoms with E-state index in [1.54, 1.807) is 6.07 Å². The molecular formula is C20H21Br2NO4. The van der Waals surface area contributed by atoms with Crippen molar-refractivity contribution in [3.63, 3.8) is 0 Å². The van der Waals surface area contributed by atoms with Crippen molar-refractivity contribution >= 4 is 43.5 Å². The van der Waals surface area contributed by atoms with Gasteiger partial charge < -0.3 is 19.5 Å². The Morgan fingerprint density at radius 3 is 2.85 bits per heavy atom. The van der Waals surface area contributed by atoms with Crippen molar-refractivity contribution in [1.82, 2.24) is 0 Å². The van der Waals surface area contributed by atoms with Gasteiger partial charge >= 0.3 is 0 Å². The van der Waals surface area contributed by atoms with Crippen molar-refractivity contribution in [2.24, 2.45) is 0 Å². The minimum atomic E-state index is -0.236. The third kappa shape index (κ3) is 5.96. The lowest BCUT2D eigenvalue weighted by Gasteiger charge is -2.13. The van der Waals surface area contributed by atoms with Gasteiger partial charge in [-0.05, 0) is 65.5 Å². The quantitative estimate of drug-likeness (QED) is 0.577. The van der Waals surface area contributed by atoms with Crippen molar-refractivity contribution < 1.29 is 19.0 Å². The minimum Gasteiger partial charge on any atom is -0.491 e. The Balaban J connectivity index is 1.52. The van der Waals surface area contributed by atoms with Gasteiger partial charge in [-0.3, -0.25) is 4.79 Å². The summed E-state index contributed by atoms with van der Waals surface area (Å²) < 4.78 is 18.7. The second-order valence-corrected chi connectivity index (χ2v) is 8.11. The lowest BCUT2D eigenvalue weighted by atomic mass is 10.2. The summed E-state index contributed by atoms with van der Waals surface area (Å²) in [6, 6.07) is 11.1. The summed E-state index contributed by atoms with van der Waals surface area (Å²) >= 11 is 6.88. The standard InChI is InChI=1S/C20H21Br2NO4/c1-13-8-14(21)9-18(22)20(13)27-12-19(24)23-15-4-2-5-16(10-15)26-11-17-6-3-7-25-17/h2,4-5,8-10,17H,3,6-7,11-12H2,1H3,(H,23,24). The zero-order chi connectivity index (χ0) is 19.2. The Morgan fingerprint density at radius 1 is 1.26 bits per heavy atom. The molecule has 1 amide bonds. The van der Waals surface area contributed by atoms with Gasteiger partial charge in [-0.2, -0.15) is 0 Å². The monoisotopic (exact) mass is 497 g/mol. The average Bonchev–Trinajstić information content (AvgIpc) is 3.13. The molecule has 1 saturated heterocycles. The van der Waals surface area contributed by atoms with Crippen LogP contribution in [-0.4, -0.2) is 31.8 Å². The molecule has 144 valence electrons. The summed E-state index contributed by atoms with van der Waals surface area (Å²) in [5.74, 6) is 1.12. The van der Waals surface area contributed by atoms with Gasteiger partial charge in [-0.1, -0.05) is 22.0 Å². The largest absolute Gasteiger partial charge is 0.491 e. The molecule has 1 heterocycles. The van der Waals surface area contributed by atoms with Crippen LogP contribution < -0.4 is 14.8 Å². The second-order valence-electron chi connectivity index (χ2n) is 6.34. The fourth-order valence-corrected chi connectivity index (χ4v) is 4.39. The molecule has 1 aliphatic rings. The van der Waals surface area contributed by atoms with Crippen LogP contribution in [0.15, 0.2) is 45.3 Å². The fourth-order valence-electron chi connectivity index (χ4n) is 2.84. The van der Waals surface area contributed by atoms with Gasteiger partial charge in [0.15, 0.2) is 6.61 Å². The van der Waals surface area contributed by atoms with Gasteiger partial charge in [-0.15, -0.1) is 0 Å². The topological polar surface area (TPSA) is 56.8 Å². The number of amides is 1. The molecule has 3 rings (SSSR count). The number of benzene rings is 2. The Kier molecular flexibility index (Phi) is 7.15. The molecule has 0 aliphatic carbocycles. The molecule has 2 aromatic carbocycles. The Hall–Kier alpha value is -1.57. The number of ether oxygens (including phenoxy) is 3. The average molecular weight is 499 g/mol. The van der Waals surface area contributed by atoms with E-state index in [1.165, 1.54) is 0 Å². The van der Waals surface area contributed by atoms with Gasteiger partial charge in [-0.25, -0.2) is 0 Å². The van der Waals surface area contributed by atoms with Crippen LogP contribution in [0.2, 0.25) is 0 Å². The van der Waals surface area contributed by atoms with Crippen LogP contribution in [0.3, 0.4) is 0 Å². The van der Waals surface area contributed by atoms with E-state index in [0.29, 0.717) is 23.8 Å². The van der Waals surface area contributed by atoms with E-state index >= 15 is 0 Å². The number of halogens is 2. The zero-order valence-electron chi connectivity index (χ0n) is 15.0. The molecule has 7 heteroatoms. The van der Waals surface area contributed by atoms with Crippen LogP contribution in [0.4, 0.5) is 5.69 Å². The van der Waals surface area contributed by atoms with Gasteiger partial charge in [0.2, 0.25) is 0 Å². The molecule has 2 aromatic rings. The van der Waals surface area contributed by atoms with Crippen molar-refractivity contribution in [3.8, 4) is 11.5 Å². The molecule has 0 bridgehead atoms. The summed E-state index contributed by atoms with van der Waals surface area (Å²) in [5, 5.41) is 2.83. The van der Waals surface area contributed by atoms with Crippen LogP contribution in [0.25, 0.3) is 0 Å². The van der Waals surface area contributed by atoms with Gasteiger partial charge in [0, 0.05) is 22.8 Å². The molecule has 5 nitrogen and oxygen atoms in total. The van der Waals surface area contributed by atoms with E-state index in [1.807, 2.05) is 37.3 Å². The van der Waals surface area contributed by atoms with Crippen molar-refractivity contribution in [3.05, 3.63) is 50.9 Å². The summed E-state index contributed by atoms with van der Waals surface area (Å²) in [7, 11) is 0. The number of hydrogen-bond donors (Lipinski definition) is 1. The summed E-state index contributed by atoms with van der Waals surface area (Å²) in [5.41, 5.74) is 1.61. The maximum absolute atomic E-state index is 12.2. The molecule has 1 fully saturated rings. The third-order valence-electron chi connectivity index (χ3n) is 4.12. The second kappa shape index (κ2) is 9.57. The molecule has 1 N–H and O–H groups in total. The highest BCUT2D eigenvalue weighted by molar-refractivity contribution is 9.11. The first-order valence-electron chi connectivity index (χ1n) is 8.74. The van der Waals surface area contributed by atoms with Crippen LogP contribution in [-0.2, 0) is 9.53 Å². The highest BCUT2D eigenvalue weighted by Crippen LogP contribution is 2.32. The first-order chi connectivity index (χ1) is 13.0. The first kappa shape index (κ1) is 20.2. The SMILES string of the molecule is Cc1cc(Br)cc(Br)c1OCC(=O)Nc1cccc(OCC2CCCO2)c1. The summed E-state index contributed by atoms with van der Waals surface area (Å²) in [6.45, 7) is 3.18. The molecule has 1 unspecified atom stereocenters. The van der Waals surface area contributed by atoms with E-state index in [-0.39, 0.29) is 18.6 Å². The Labute approximate surface area is 175 Å². The number of anilines is 1. The highest BCUT2D eigenvalue weighted by atomic mass is 79.9. The van der Waals surface area contributed by atoms with Crippen molar-refractivity contribution in [2.45, 2.75) is 25.9 Å². The molecule has 0 saturated carbocycles. The predicted molar refractivity (Wildman–Crippen MR) is 112 cm³/mol. The van der Waals surface area contributed by atoms with Crippen molar-refractivity contribution in [1.29, 1.82) is 0 Å². The maximum Gasteiger partial charge on any atom is 0.262 e. The van der Waals surface area contributed by atoms with Crippen LogP contribution in [0.1, 0.15) is 18.4 Å². The van der Waals surface area contributed by atoms with E-state index in [2.05, 4.69) is 37.2 Å². The zero-order valence-corrected chi connectivity index (χ0v) is 18.1. The number of aryl methyl sites for hydroxylation is 1. The van der Waals surface area contributed by atoms with E-state index in [0.717, 1.165) is 34.0 Å². The normalized spacial score (nSPS) is 16.2. The third-order valence-corrected chi connectivity index (χ3v) is 5.17. The molecule has 1 atom stereocenters. The number of carbonyl (C=O) groups is 1. The number of nitrogens with one attached hydrogen (secondary N) is 1. The van der Waals surface area contributed by atoms with E-state index < -0.39 is 0 Å². The molecule has 0 aromatic heterocycles. The molecule has 1 aliphatic heterocycles. The number of hydrogen-bond acceptors (Lipinski definition) is 4. The van der Waals surface area contributed by atoms with Gasteiger partial charge in [0.05, 0.1) is 10.6 Å². The maximum atomic E-state index is 12.2. The van der Waals surface area contributed by atoms with Gasteiger partial charge in [0.1, 0.15) is 18.1 Å². The Bertz CT molecular complexity index is 783. The first-order valence-corrected chi connectivity index (χ1v) is 10.3. The lowest BCUT2D eigenvalue weighted by molar-refractivity contribution is -0.118.